The molecule has 1 N–H and O–H groups in total. The Balaban J connectivity index is 2.10. The topological polar surface area (TPSA) is 62.4 Å². The number of hydrogen-bond donors (Lipinski definition) is 1. The van der Waals surface area contributed by atoms with Gasteiger partial charge in [-0.3, -0.25) is 9.59 Å². The number of ether oxygens (including phenoxy) is 1. The zero-order valence-electron chi connectivity index (χ0n) is 12.2. The summed E-state index contributed by atoms with van der Waals surface area (Å²) in [6.07, 6.45) is 2.15. The lowest BCUT2D eigenvalue weighted by atomic mass is 10.0. The highest BCUT2D eigenvalue weighted by molar-refractivity contribution is 5.83. The maximum atomic E-state index is 12.7. The molecule has 1 atom stereocenters. The summed E-state index contributed by atoms with van der Waals surface area (Å²) in [7, 11) is 0. The van der Waals surface area contributed by atoms with Gasteiger partial charge in [-0.15, -0.1) is 0 Å². The molecule has 0 radical (unpaired) electrons. The van der Waals surface area contributed by atoms with Crippen molar-refractivity contribution in [2.45, 2.75) is 20.0 Å². The summed E-state index contributed by atoms with van der Waals surface area (Å²) < 4.78 is 5.67. The maximum absolute atomic E-state index is 12.7. The van der Waals surface area contributed by atoms with Gasteiger partial charge in [-0.05, 0) is 31.0 Å². The first kappa shape index (κ1) is 13.8. The quantitative estimate of drug-likeness (QED) is 0.854. The van der Waals surface area contributed by atoms with Crippen LogP contribution in [0.1, 0.15) is 22.8 Å². The molecule has 1 unspecified atom stereocenters. The van der Waals surface area contributed by atoms with Crippen LogP contribution in [-0.2, 0) is 9.53 Å². The van der Waals surface area contributed by atoms with Crippen LogP contribution in [0.2, 0.25) is 0 Å². The van der Waals surface area contributed by atoms with E-state index >= 15 is 0 Å². The summed E-state index contributed by atoms with van der Waals surface area (Å²) in [6, 6.07) is 3.97. The van der Waals surface area contributed by atoms with E-state index in [1.54, 1.807) is 11.1 Å². The Kier molecular flexibility index (Phi) is 3.51. The molecular weight excluding hydrogens is 268 g/mol. The molecule has 2 aromatic rings. The van der Waals surface area contributed by atoms with E-state index in [1.165, 1.54) is 0 Å². The third kappa shape index (κ3) is 2.45. The van der Waals surface area contributed by atoms with Crippen LogP contribution >= 0.6 is 0 Å². The number of fused-ring (bicyclic) bond motifs is 1. The lowest BCUT2D eigenvalue weighted by Crippen LogP contribution is -2.38. The number of aryl methyl sites for hydroxylation is 2. The molecule has 5 nitrogen and oxygen atoms in total. The molecule has 5 heteroatoms. The third-order valence-electron chi connectivity index (χ3n) is 3.95. The molecule has 0 spiro atoms. The number of nitrogens with zero attached hydrogens (tertiary/aromatic N) is 1. The number of aromatic nitrogens is 1. The summed E-state index contributed by atoms with van der Waals surface area (Å²) in [5, 5.41) is 0.699. The van der Waals surface area contributed by atoms with Gasteiger partial charge in [0.1, 0.15) is 6.10 Å². The van der Waals surface area contributed by atoms with Crippen LogP contribution < -0.4 is 5.43 Å². The van der Waals surface area contributed by atoms with Gasteiger partial charge in [0.05, 0.1) is 13.2 Å². The summed E-state index contributed by atoms with van der Waals surface area (Å²) in [5.41, 5.74) is 3.48. The second-order valence-electron chi connectivity index (χ2n) is 5.54. The molecular formula is C16H18N2O3. The van der Waals surface area contributed by atoms with E-state index in [2.05, 4.69) is 4.98 Å². The van der Waals surface area contributed by atoms with E-state index in [0.29, 0.717) is 30.6 Å². The van der Waals surface area contributed by atoms with Gasteiger partial charge in [0.2, 0.25) is 6.41 Å². The number of rotatable bonds is 2. The lowest BCUT2D eigenvalue weighted by Gasteiger charge is -2.30. The first-order valence-corrected chi connectivity index (χ1v) is 7.03. The van der Waals surface area contributed by atoms with Crippen LogP contribution in [0.25, 0.3) is 10.9 Å². The van der Waals surface area contributed by atoms with Crippen molar-refractivity contribution in [2.24, 2.45) is 0 Å². The summed E-state index contributed by atoms with van der Waals surface area (Å²) in [5.74, 6) is 0. The first-order chi connectivity index (χ1) is 10.1. The molecule has 1 saturated heterocycles. The van der Waals surface area contributed by atoms with Gasteiger partial charge in [0.25, 0.3) is 0 Å². The van der Waals surface area contributed by atoms with Gasteiger partial charge in [0, 0.05) is 29.2 Å². The van der Waals surface area contributed by atoms with Gasteiger partial charge in [-0.2, -0.15) is 0 Å². The number of amides is 1. The number of hydrogen-bond acceptors (Lipinski definition) is 3. The number of benzene rings is 1. The van der Waals surface area contributed by atoms with E-state index in [1.807, 2.05) is 26.0 Å². The SMILES string of the molecule is Cc1cc(C)c2c(=O)c(C3CN(C=O)CCO3)c[nH]c2c1. The van der Waals surface area contributed by atoms with Crippen molar-refractivity contribution in [3.05, 3.63) is 45.2 Å². The maximum Gasteiger partial charge on any atom is 0.209 e. The minimum absolute atomic E-state index is 0.0148. The summed E-state index contributed by atoms with van der Waals surface area (Å²) in [6.45, 7) is 5.39. The predicted molar refractivity (Wildman–Crippen MR) is 80.4 cm³/mol. The fourth-order valence-corrected chi connectivity index (χ4v) is 2.94. The minimum atomic E-state index is -0.363. The number of carbonyl (C=O) groups is 1. The molecule has 0 saturated carbocycles. The fraction of sp³-hybridized carbons (Fsp3) is 0.375. The average Bonchev–Trinajstić information content (AvgIpc) is 2.47. The van der Waals surface area contributed by atoms with Gasteiger partial charge in [-0.25, -0.2) is 0 Å². The smallest absolute Gasteiger partial charge is 0.209 e. The van der Waals surface area contributed by atoms with Crippen molar-refractivity contribution in [3.63, 3.8) is 0 Å². The largest absolute Gasteiger partial charge is 0.370 e. The highest BCUT2D eigenvalue weighted by atomic mass is 16.5. The Hall–Kier alpha value is -2.14. The Morgan fingerprint density at radius 1 is 1.38 bits per heavy atom. The number of H-pyrrole nitrogens is 1. The molecule has 0 aliphatic carbocycles. The van der Waals surface area contributed by atoms with Crippen LogP contribution in [-0.4, -0.2) is 36.0 Å². The van der Waals surface area contributed by atoms with E-state index in [-0.39, 0.29) is 11.5 Å². The normalized spacial score (nSPS) is 19.0. The van der Waals surface area contributed by atoms with Crippen molar-refractivity contribution in [2.75, 3.05) is 19.7 Å². The van der Waals surface area contributed by atoms with Gasteiger partial charge in [-0.1, -0.05) is 6.07 Å². The molecule has 1 aliphatic heterocycles. The second-order valence-corrected chi connectivity index (χ2v) is 5.54. The van der Waals surface area contributed by atoms with Crippen molar-refractivity contribution in [1.29, 1.82) is 0 Å². The third-order valence-corrected chi connectivity index (χ3v) is 3.95. The molecule has 21 heavy (non-hydrogen) atoms. The zero-order chi connectivity index (χ0) is 15.0. The summed E-state index contributed by atoms with van der Waals surface area (Å²) >= 11 is 0. The molecule has 1 aliphatic rings. The fourth-order valence-electron chi connectivity index (χ4n) is 2.94. The van der Waals surface area contributed by atoms with Crippen LogP contribution in [0, 0.1) is 13.8 Å². The van der Waals surface area contributed by atoms with Gasteiger partial charge >= 0.3 is 0 Å². The van der Waals surface area contributed by atoms with E-state index in [9.17, 15) is 9.59 Å². The number of morpholine rings is 1. The highest BCUT2D eigenvalue weighted by Crippen LogP contribution is 2.22. The molecule has 1 aromatic heterocycles. The van der Waals surface area contributed by atoms with Crippen LogP contribution in [0.3, 0.4) is 0 Å². The van der Waals surface area contributed by atoms with Crippen LogP contribution in [0.15, 0.2) is 23.1 Å². The van der Waals surface area contributed by atoms with Gasteiger partial charge < -0.3 is 14.6 Å². The van der Waals surface area contributed by atoms with Crippen LogP contribution in [0.4, 0.5) is 0 Å². The monoisotopic (exact) mass is 286 g/mol. The number of pyridine rings is 1. The Labute approximate surface area is 122 Å². The standard InChI is InChI=1S/C16H18N2O3/c1-10-5-11(2)15-13(6-10)17-7-12(16(15)20)14-8-18(9-19)3-4-21-14/h5-7,9,14H,3-4,8H2,1-2H3,(H,17,20). The number of nitrogens with one attached hydrogen (secondary N) is 1. The van der Waals surface area contributed by atoms with E-state index in [4.69, 9.17) is 4.74 Å². The van der Waals surface area contributed by atoms with E-state index in [0.717, 1.165) is 23.1 Å². The molecule has 0 bridgehead atoms. The molecule has 1 amide bonds. The number of aromatic amines is 1. The molecule has 1 aromatic carbocycles. The minimum Gasteiger partial charge on any atom is -0.370 e. The Morgan fingerprint density at radius 3 is 2.95 bits per heavy atom. The van der Waals surface area contributed by atoms with Crippen molar-refractivity contribution < 1.29 is 9.53 Å². The predicted octanol–water partition coefficient (Wildman–Crippen LogP) is 1.67. The van der Waals surface area contributed by atoms with E-state index < -0.39 is 0 Å². The molecule has 2 heterocycles. The van der Waals surface area contributed by atoms with Crippen molar-refractivity contribution in [3.8, 4) is 0 Å². The Bertz CT molecular complexity index is 751. The molecule has 110 valence electrons. The van der Waals surface area contributed by atoms with Crippen molar-refractivity contribution >= 4 is 17.3 Å². The first-order valence-electron chi connectivity index (χ1n) is 7.03. The Morgan fingerprint density at radius 2 is 2.19 bits per heavy atom. The molecule has 3 rings (SSSR count). The molecule has 1 fully saturated rings. The van der Waals surface area contributed by atoms with Gasteiger partial charge in [0.15, 0.2) is 5.43 Å². The average molecular weight is 286 g/mol. The van der Waals surface area contributed by atoms with Crippen molar-refractivity contribution in [1.82, 2.24) is 9.88 Å². The lowest BCUT2D eigenvalue weighted by molar-refractivity contribution is -0.125. The number of carbonyl (C=O) groups excluding carboxylic acids is 1. The second kappa shape index (κ2) is 5.33. The summed E-state index contributed by atoms with van der Waals surface area (Å²) in [4.78, 5) is 28.5. The zero-order valence-corrected chi connectivity index (χ0v) is 12.2. The highest BCUT2D eigenvalue weighted by Gasteiger charge is 2.24. The van der Waals surface area contributed by atoms with Crippen LogP contribution in [0.5, 0.6) is 0 Å².